The largest absolute Gasteiger partial charge is 0.493 e. The van der Waals surface area contributed by atoms with Gasteiger partial charge < -0.3 is 9.47 Å². The third kappa shape index (κ3) is 3.56. The molecule has 2 rings (SSSR count). The second-order valence-electron chi connectivity index (χ2n) is 4.14. The van der Waals surface area contributed by atoms with Crippen molar-refractivity contribution in [2.45, 2.75) is 12.5 Å². The molecule has 2 aromatic rings. The molecule has 0 saturated carbocycles. The number of alkyl halides is 1. The highest BCUT2D eigenvalue weighted by Crippen LogP contribution is 2.29. The summed E-state index contributed by atoms with van der Waals surface area (Å²) in [5, 5.41) is 0.467. The van der Waals surface area contributed by atoms with Crippen LogP contribution in [0.1, 0.15) is 11.1 Å². The van der Waals surface area contributed by atoms with Crippen molar-refractivity contribution in [3.63, 3.8) is 0 Å². The first-order chi connectivity index (χ1) is 9.63. The first-order valence-electron chi connectivity index (χ1n) is 5.93. The Morgan fingerprint density at radius 2 is 1.90 bits per heavy atom. The molecule has 0 fully saturated rings. The van der Waals surface area contributed by atoms with Gasteiger partial charge in [0.25, 0.3) is 0 Å². The third-order valence-electron chi connectivity index (χ3n) is 2.77. The lowest BCUT2D eigenvalue weighted by atomic mass is 10.2. The Labute approximate surface area is 127 Å². The second-order valence-corrected chi connectivity index (χ2v) is 4.85. The zero-order valence-electron chi connectivity index (χ0n) is 10.8. The highest BCUT2D eigenvalue weighted by Gasteiger charge is 2.08. The zero-order valence-corrected chi connectivity index (χ0v) is 12.3. The molecular formula is C15H13Cl2FO2. The smallest absolute Gasteiger partial charge is 0.161 e. The van der Waals surface area contributed by atoms with Crippen molar-refractivity contribution < 1.29 is 13.9 Å². The summed E-state index contributed by atoms with van der Waals surface area (Å²) >= 11 is 11.6. The molecule has 2 nitrogen and oxygen atoms in total. The summed E-state index contributed by atoms with van der Waals surface area (Å²) in [6.45, 7) is 0.0724. The topological polar surface area (TPSA) is 18.5 Å². The van der Waals surface area contributed by atoms with Crippen LogP contribution in [-0.4, -0.2) is 7.11 Å². The lowest BCUT2D eigenvalue weighted by molar-refractivity contribution is 0.279. The van der Waals surface area contributed by atoms with Crippen LogP contribution in [0, 0.1) is 5.82 Å². The summed E-state index contributed by atoms with van der Waals surface area (Å²) in [5.41, 5.74) is 1.31. The maximum Gasteiger partial charge on any atom is 0.161 e. The maximum atomic E-state index is 13.6. The molecule has 0 unspecified atom stereocenters. The van der Waals surface area contributed by atoms with E-state index in [-0.39, 0.29) is 12.4 Å². The summed E-state index contributed by atoms with van der Waals surface area (Å²) in [6, 6.07) is 9.72. The van der Waals surface area contributed by atoms with Gasteiger partial charge in [0.2, 0.25) is 0 Å². The monoisotopic (exact) mass is 314 g/mol. The average Bonchev–Trinajstić information content (AvgIpc) is 2.48. The average molecular weight is 315 g/mol. The van der Waals surface area contributed by atoms with Gasteiger partial charge in [-0.3, -0.25) is 0 Å². The standard InChI is InChI=1S/C15H13Cl2FO2/c1-19-15-6-10(8-16)2-5-14(15)20-9-11-7-12(17)3-4-13(11)18/h2-7H,8-9H2,1H3. The van der Waals surface area contributed by atoms with Crippen molar-refractivity contribution in [3.05, 3.63) is 58.4 Å². The molecule has 106 valence electrons. The Balaban J connectivity index is 2.16. The van der Waals surface area contributed by atoms with Crippen molar-refractivity contribution in [2.75, 3.05) is 7.11 Å². The van der Waals surface area contributed by atoms with E-state index >= 15 is 0 Å². The molecule has 0 atom stereocenters. The van der Waals surface area contributed by atoms with Crippen molar-refractivity contribution in [2.24, 2.45) is 0 Å². The Hall–Kier alpha value is -1.45. The highest BCUT2D eigenvalue weighted by molar-refractivity contribution is 6.30. The van der Waals surface area contributed by atoms with Crippen LogP contribution in [-0.2, 0) is 12.5 Å². The van der Waals surface area contributed by atoms with Gasteiger partial charge >= 0.3 is 0 Å². The van der Waals surface area contributed by atoms with Crippen molar-refractivity contribution in [1.29, 1.82) is 0 Å². The first-order valence-corrected chi connectivity index (χ1v) is 6.85. The van der Waals surface area contributed by atoms with Crippen molar-refractivity contribution in [1.82, 2.24) is 0 Å². The minimum atomic E-state index is -0.356. The van der Waals surface area contributed by atoms with Crippen molar-refractivity contribution in [3.8, 4) is 11.5 Å². The molecule has 20 heavy (non-hydrogen) atoms. The van der Waals surface area contributed by atoms with E-state index in [1.165, 1.54) is 18.2 Å². The number of methoxy groups -OCH3 is 1. The van der Waals surface area contributed by atoms with Gasteiger partial charge in [-0.2, -0.15) is 0 Å². The minimum Gasteiger partial charge on any atom is -0.493 e. The van der Waals surface area contributed by atoms with E-state index < -0.39 is 0 Å². The van der Waals surface area contributed by atoms with Gasteiger partial charge in [-0.1, -0.05) is 17.7 Å². The molecular weight excluding hydrogens is 302 g/mol. The predicted molar refractivity (Wildman–Crippen MR) is 78.3 cm³/mol. The summed E-state index contributed by atoms with van der Waals surface area (Å²) < 4.78 is 24.4. The highest BCUT2D eigenvalue weighted by atomic mass is 35.5. The fourth-order valence-electron chi connectivity index (χ4n) is 1.72. The lowest BCUT2D eigenvalue weighted by Crippen LogP contribution is -2.00. The van der Waals surface area contributed by atoms with Crippen LogP contribution in [0.2, 0.25) is 5.02 Å². The Bertz CT molecular complexity index is 602. The molecule has 0 heterocycles. The summed E-state index contributed by atoms with van der Waals surface area (Å²) in [4.78, 5) is 0. The normalized spacial score (nSPS) is 10.4. The molecule has 0 spiro atoms. The zero-order chi connectivity index (χ0) is 14.5. The van der Waals surface area contributed by atoms with Gasteiger partial charge in [-0.15, -0.1) is 11.6 Å². The third-order valence-corrected chi connectivity index (χ3v) is 3.32. The number of rotatable bonds is 5. The second kappa shape index (κ2) is 6.82. The van der Waals surface area contributed by atoms with E-state index in [2.05, 4.69) is 0 Å². The summed E-state index contributed by atoms with van der Waals surface area (Å²) in [7, 11) is 1.54. The van der Waals surface area contributed by atoms with Crippen LogP contribution in [0.5, 0.6) is 11.5 Å². The number of benzene rings is 2. The Kier molecular flexibility index (Phi) is 5.10. The van der Waals surface area contributed by atoms with Crippen LogP contribution < -0.4 is 9.47 Å². The molecule has 0 amide bonds. The van der Waals surface area contributed by atoms with Gasteiger partial charge in [0.05, 0.1) is 7.11 Å². The van der Waals surface area contributed by atoms with Crippen molar-refractivity contribution >= 4 is 23.2 Å². The molecule has 0 aliphatic carbocycles. The fourth-order valence-corrected chi connectivity index (χ4v) is 2.08. The molecule has 0 N–H and O–H groups in total. The van der Waals surface area contributed by atoms with Crippen LogP contribution in [0.3, 0.4) is 0 Å². The van der Waals surface area contributed by atoms with E-state index in [1.807, 2.05) is 6.07 Å². The fraction of sp³-hybridized carbons (Fsp3) is 0.200. The number of hydrogen-bond acceptors (Lipinski definition) is 2. The molecule has 0 bridgehead atoms. The Morgan fingerprint density at radius 3 is 2.60 bits per heavy atom. The maximum absolute atomic E-state index is 13.6. The van der Waals surface area contributed by atoms with E-state index in [9.17, 15) is 4.39 Å². The van der Waals surface area contributed by atoms with Crippen LogP contribution >= 0.6 is 23.2 Å². The lowest BCUT2D eigenvalue weighted by Gasteiger charge is -2.12. The molecule has 2 aromatic carbocycles. The van der Waals surface area contributed by atoms with Gasteiger partial charge in [-0.05, 0) is 35.9 Å². The molecule has 0 aliphatic rings. The SMILES string of the molecule is COc1cc(CCl)ccc1OCc1cc(Cl)ccc1F. The first kappa shape index (κ1) is 14.9. The molecule has 0 aliphatic heterocycles. The van der Waals surface area contributed by atoms with Gasteiger partial charge in [-0.25, -0.2) is 4.39 Å². The number of ether oxygens (including phenoxy) is 2. The van der Waals surface area contributed by atoms with Crippen LogP contribution in [0.15, 0.2) is 36.4 Å². The van der Waals surface area contributed by atoms with Gasteiger partial charge in [0.1, 0.15) is 12.4 Å². The quantitative estimate of drug-likeness (QED) is 0.738. The van der Waals surface area contributed by atoms with E-state index in [1.54, 1.807) is 19.2 Å². The minimum absolute atomic E-state index is 0.0724. The van der Waals surface area contributed by atoms with Crippen LogP contribution in [0.25, 0.3) is 0 Å². The van der Waals surface area contributed by atoms with Gasteiger partial charge in [0, 0.05) is 16.5 Å². The van der Waals surface area contributed by atoms with E-state index in [0.717, 1.165) is 5.56 Å². The molecule has 0 radical (unpaired) electrons. The number of hydrogen-bond donors (Lipinski definition) is 0. The summed E-state index contributed by atoms with van der Waals surface area (Å²) in [5.74, 6) is 1.12. The molecule has 5 heteroatoms. The summed E-state index contributed by atoms with van der Waals surface area (Å²) in [6.07, 6.45) is 0. The Morgan fingerprint density at radius 1 is 1.10 bits per heavy atom. The van der Waals surface area contributed by atoms with Gasteiger partial charge in [0.15, 0.2) is 11.5 Å². The predicted octanol–water partition coefficient (Wildman–Crippen LogP) is 4.81. The van der Waals surface area contributed by atoms with Crippen LogP contribution in [0.4, 0.5) is 4.39 Å². The van der Waals surface area contributed by atoms with E-state index in [0.29, 0.717) is 28.0 Å². The molecule has 0 saturated heterocycles. The van der Waals surface area contributed by atoms with E-state index in [4.69, 9.17) is 32.7 Å². The molecule has 0 aromatic heterocycles. The number of halogens is 3.